The van der Waals surface area contributed by atoms with Gasteiger partial charge in [0.2, 0.25) is 0 Å². The van der Waals surface area contributed by atoms with Gasteiger partial charge in [0, 0.05) is 39.3 Å². The highest BCUT2D eigenvalue weighted by molar-refractivity contribution is 5.82. The molecule has 21 heavy (non-hydrogen) atoms. The number of hydrogen-bond acceptors (Lipinski definition) is 5. The molecule has 120 valence electrons. The first-order valence-electron chi connectivity index (χ1n) is 7.20. The quantitative estimate of drug-likeness (QED) is 0.691. The Morgan fingerprint density at radius 3 is 2.71 bits per heavy atom. The number of amides is 2. The van der Waals surface area contributed by atoms with Gasteiger partial charge in [-0.3, -0.25) is 4.90 Å². The van der Waals surface area contributed by atoms with E-state index in [1.165, 1.54) is 7.11 Å². The number of aliphatic carboxylic acids is 1. The molecule has 2 unspecified atom stereocenters. The molecule has 2 heterocycles. The van der Waals surface area contributed by atoms with Gasteiger partial charge in [-0.1, -0.05) is 0 Å². The molecule has 2 atom stereocenters. The number of carbonyl (C=O) groups excluding carboxylic acids is 1. The highest BCUT2D eigenvalue weighted by atomic mass is 16.5. The minimum absolute atomic E-state index is 0.0399. The van der Waals surface area contributed by atoms with Crippen molar-refractivity contribution in [3.05, 3.63) is 0 Å². The highest BCUT2D eigenvalue weighted by Crippen LogP contribution is 2.17. The van der Waals surface area contributed by atoms with E-state index in [-0.39, 0.29) is 12.6 Å². The Labute approximate surface area is 124 Å². The van der Waals surface area contributed by atoms with E-state index in [1.54, 1.807) is 4.90 Å². The number of ether oxygens (including phenoxy) is 2. The maximum absolute atomic E-state index is 12.1. The number of likely N-dealkylation sites (tertiary alicyclic amines) is 1. The molecule has 0 aromatic rings. The van der Waals surface area contributed by atoms with Gasteiger partial charge in [-0.05, 0) is 6.42 Å². The summed E-state index contributed by atoms with van der Waals surface area (Å²) in [6.45, 7) is 4.48. The average Bonchev–Trinajstić information content (AvgIpc) is 2.97. The van der Waals surface area contributed by atoms with Crippen molar-refractivity contribution in [2.24, 2.45) is 0 Å². The number of urea groups is 1. The molecule has 2 amide bonds. The van der Waals surface area contributed by atoms with Crippen molar-refractivity contribution in [2.45, 2.75) is 18.5 Å². The van der Waals surface area contributed by atoms with Crippen LogP contribution >= 0.6 is 0 Å². The molecule has 2 N–H and O–H groups in total. The summed E-state index contributed by atoms with van der Waals surface area (Å²) >= 11 is 0. The number of morpholine rings is 1. The molecular weight excluding hydrogens is 278 g/mol. The van der Waals surface area contributed by atoms with E-state index in [2.05, 4.69) is 10.2 Å². The summed E-state index contributed by atoms with van der Waals surface area (Å²) in [7, 11) is 1.41. The first kappa shape index (κ1) is 16.0. The molecule has 0 aromatic heterocycles. The van der Waals surface area contributed by atoms with Gasteiger partial charge >= 0.3 is 12.0 Å². The third-order valence-corrected chi connectivity index (χ3v) is 3.94. The van der Waals surface area contributed by atoms with Crippen LogP contribution in [0.3, 0.4) is 0 Å². The summed E-state index contributed by atoms with van der Waals surface area (Å²) in [5, 5.41) is 11.5. The Hall–Kier alpha value is -1.38. The van der Waals surface area contributed by atoms with Gasteiger partial charge in [0.1, 0.15) is 0 Å². The van der Waals surface area contributed by atoms with Gasteiger partial charge in [-0.25, -0.2) is 9.59 Å². The number of carboxylic acid groups (broad SMARTS) is 1. The van der Waals surface area contributed by atoms with Gasteiger partial charge in [0.05, 0.1) is 19.8 Å². The molecule has 8 nitrogen and oxygen atoms in total. The minimum Gasteiger partial charge on any atom is -0.480 e. The second-order valence-electron chi connectivity index (χ2n) is 5.33. The van der Waals surface area contributed by atoms with E-state index < -0.39 is 12.0 Å². The van der Waals surface area contributed by atoms with Gasteiger partial charge < -0.3 is 24.8 Å². The van der Waals surface area contributed by atoms with E-state index in [9.17, 15) is 9.59 Å². The lowest BCUT2D eigenvalue weighted by atomic mass is 10.2. The Bertz CT molecular complexity index is 373. The molecule has 0 saturated carbocycles. The summed E-state index contributed by atoms with van der Waals surface area (Å²) in [4.78, 5) is 27.1. The molecule has 0 radical (unpaired) electrons. The number of hydrogen-bond donors (Lipinski definition) is 2. The molecule has 2 saturated heterocycles. The van der Waals surface area contributed by atoms with Gasteiger partial charge in [-0.2, -0.15) is 0 Å². The fraction of sp³-hybridized carbons (Fsp3) is 0.846. The van der Waals surface area contributed by atoms with Crippen LogP contribution in [0.1, 0.15) is 6.42 Å². The van der Waals surface area contributed by atoms with E-state index in [0.29, 0.717) is 19.1 Å². The zero-order chi connectivity index (χ0) is 15.2. The van der Waals surface area contributed by atoms with E-state index in [1.807, 2.05) is 0 Å². The van der Waals surface area contributed by atoms with Crippen molar-refractivity contribution in [1.29, 1.82) is 0 Å². The summed E-state index contributed by atoms with van der Waals surface area (Å²) < 4.78 is 10.1. The SMILES string of the molecule is COCC(NC(=O)N1CCC(N2CCOCC2)C1)C(=O)O. The Balaban J connectivity index is 1.82. The van der Waals surface area contributed by atoms with Crippen molar-refractivity contribution in [1.82, 2.24) is 15.1 Å². The van der Waals surface area contributed by atoms with Crippen molar-refractivity contribution >= 4 is 12.0 Å². The molecule has 8 heteroatoms. The molecule has 2 aliphatic rings. The van der Waals surface area contributed by atoms with Crippen LogP contribution in [-0.2, 0) is 14.3 Å². The van der Waals surface area contributed by atoms with Crippen molar-refractivity contribution < 1.29 is 24.2 Å². The lowest BCUT2D eigenvalue weighted by molar-refractivity contribution is -0.140. The molecule has 2 rings (SSSR count). The second kappa shape index (κ2) is 7.58. The van der Waals surface area contributed by atoms with Crippen LogP contribution in [0.15, 0.2) is 0 Å². The van der Waals surface area contributed by atoms with Crippen molar-refractivity contribution in [3.63, 3.8) is 0 Å². The first-order valence-corrected chi connectivity index (χ1v) is 7.20. The maximum Gasteiger partial charge on any atom is 0.328 e. The summed E-state index contributed by atoms with van der Waals surface area (Å²) in [6, 6.07) is -1.01. The smallest absolute Gasteiger partial charge is 0.328 e. The van der Waals surface area contributed by atoms with Crippen LogP contribution < -0.4 is 5.32 Å². The van der Waals surface area contributed by atoms with E-state index in [4.69, 9.17) is 14.6 Å². The number of nitrogens with one attached hydrogen (secondary N) is 1. The molecule has 2 fully saturated rings. The maximum atomic E-state index is 12.1. The topological polar surface area (TPSA) is 91.3 Å². The molecule has 0 aliphatic carbocycles. The van der Waals surface area contributed by atoms with E-state index in [0.717, 1.165) is 32.7 Å². The third-order valence-electron chi connectivity index (χ3n) is 3.94. The molecular formula is C13H23N3O5. The largest absolute Gasteiger partial charge is 0.480 e. The summed E-state index contributed by atoms with van der Waals surface area (Å²) in [5.74, 6) is -1.09. The predicted octanol–water partition coefficient (Wildman–Crippen LogP) is -0.798. The van der Waals surface area contributed by atoms with Crippen LogP contribution in [0.5, 0.6) is 0 Å². The van der Waals surface area contributed by atoms with Crippen LogP contribution in [-0.4, -0.2) is 92.1 Å². The first-order chi connectivity index (χ1) is 10.1. The Kier molecular flexibility index (Phi) is 5.77. The molecule has 0 bridgehead atoms. The van der Waals surface area contributed by atoms with Crippen molar-refractivity contribution in [2.75, 3.05) is 53.1 Å². The van der Waals surface area contributed by atoms with Gasteiger partial charge in [0.15, 0.2) is 6.04 Å². The standard InChI is InChI=1S/C13H23N3O5/c1-20-9-11(12(17)18)14-13(19)16-3-2-10(8-16)15-4-6-21-7-5-15/h10-11H,2-9H2,1H3,(H,14,19)(H,17,18). The summed E-state index contributed by atoms with van der Waals surface area (Å²) in [6.07, 6.45) is 0.912. The predicted molar refractivity (Wildman–Crippen MR) is 74.2 cm³/mol. The molecule has 0 aromatic carbocycles. The zero-order valence-corrected chi connectivity index (χ0v) is 12.3. The van der Waals surface area contributed by atoms with E-state index >= 15 is 0 Å². The highest BCUT2D eigenvalue weighted by Gasteiger charge is 2.32. The lowest BCUT2D eigenvalue weighted by Crippen LogP contribution is -2.50. The minimum atomic E-state index is -1.09. The van der Waals surface area contributed by atoms with Gasteiger partial charge in [0.25, 0.3) is 0 Å². The van der Waals surface area contributed by atoms with Crippen LogP contribution in [0.4, 0.5) is 4.79 Å². The zero-order valence-electron chi connectivity index (χ0n) is 12.3. The Morgan fingerprint density at radius 2 is 2.10 bits per heavy atom. The number of nitrogens with zero attached hydrogens (tertiary/aromatic N) is 2. The third kappa shape index (κ3) is 4.29. The number of rotatable bonds is 5. The molecule has 2 aliphatic heterocycles. The fourth-order valence-electron chi connectivity index (χ4n) is 2.75. The number of methoxy groups -OCH3 is 1. The van der Waals surface area contributed by atoms with Crippen molar-refractivity contribution in [3.8, 4) is 0 Å². The monoisotopic (exact) mass is 301 g/mol. The van der Waals surface area contributed by atoms with Gasteiger partial charge in [-0.15, -0.1) is 0 Å². The number of carboxylic acids is 1. The fourth-order valence-corrected chi connectivity index (χ4v) is 2.75. The Morgan fingerprint density at radius 1 is 1.38 bits per heavy atom. The summed E-state index contributed by atoms with van der Waals surface area (Å²) in [5.41, 5.74) is 0. The average molecular weight is 301 g/mol. The second-order valence-corrected chi connectivity index (χ2v) is 5.33. The lowest BCUT2D eigenvalue weighted by Gasteiger charge is -2.32. The normalized spacial score (nSPS) is 24.8. The molecule has 0 spiro atoms. The van der Waals surface area contributed by atoms with Crippen LogP contribution in [0.25, 0.3) is 0 Å². The number of carbonyl (C=O) groups is 2. The van der Waals surface area contributed by atoms with Crippen LogP contribution in [0, 0.1) is 0 Å². The van der Waals surface area contributed by atoms with Crippen LogP contribution in [0.2, 0.25) is 0 Å².